The number of fused-ring (bicyclic) bond motifs is 1. The molecule has 1 aliphatic rings. The normalized spacial score (nSPS) is 20.4. The third-order valence-electron chi connectivity index (χ3n) is 5.67. The van der Waals surface area contributed by atoms with Crippen LogP contribution in [0.2, 0.25) is 0 Å². The Kier molecular flexibility index (Phi) is 6.49. The van der Waals surface area contributed by atoms with Gasteiger partial charge >= 0.3 is 0 Å². The Morgan fingerprint density at radius 3 is 2.37 bits per heavy atom. The average Bonchev–Trinajstić information content (AvgIpc) is 2.79. The molecule has 0 amide bonds. The molecule has 2 atom stereocenters. The van der Waals surface area contributed by atoms with Gasteiger partial charge in [-0.15, -0.1) is 0 Å². The Hall–Kier alpha value is -2.25. The van der Waals surface area contributed by atoms with E-state index < -0.39 is 10.0 Å². The van der Waals surface area contributed by atoms with Crippen molar-refractivity contribution in [2.75, 3.05) is 26.3 Å². The van der Waals surface area contributed by atoms with Crippen molar-refractivity contribution in [3.8, 4) is 0 Å². The second-order valence-corrected chi connectivity index (χ2v) is 9.92. The van der Waals surface area contributed by atoms with Crippen LogP contribution in [0, 0.1) is 11.8 Å². The summed E-state index contributed by atoms with van der Waals surface area (Å²) in [6.45, 7) is 1.67. The van der Waals surface area contributed by atoms with Crippen molar-refractivity contribution in [1.29, 1.82) is 0 Å². The number of ether oxygens (including phenoxy) is 1. The quantitative estimate of drug-likeness (QED) is 0.627. The van der Waals surface area contributed by atoms with Crippen molar-refractivity contribution in [3.63, 3.8) is 0 Å². The number of hydrogen-bond acceptors (Lipinski definition) is 4. The highest BCUT2D eigenvalue weighted by Crippen LogP contribution is 2.29. The molecular weight excluding hydrogens is 398 g/mol. The maximum Gasteiger partial charge on any atom is 0.243 e. The molecule has 0 spiro atoms. The summed E-state index contributed by atoms with van der Waals surface area (Å²) in [6, 6.07) is 22.9. The van der Waals surface area contributed by atoms with Crippen molar-refractivity contribution < 1.29 is 18.3 Å². The van der Waals surface area contributed by atoms with E-state index in [1.807, 2.05) is 60.7 Å². The van der Waals surface area contributed by atoms with Crippen LogP contribution in [0.25, 0.3) is 10.8 Å². The second-order valence-electron chi connectivity index (χ2n) is 7.98. The van der Waals surface area contributed by atoms with Crippen LogP contribution < -0.4 is 0 Å². The SMILES string of the molecule is O=S(=O)(c1ccc2ccccc2c1)N1C[C@@H](CO)C[C@H](COCc2ccccc2)C1. The number of aliphatic hydroxyl groups is 1. The van der Waals surface area contributed by atoms with Crippen LogP contribution in [0.4, 0.5) is 0 Å². The summed E-state index contributed by atoms with van der Waals surface area (Å²) in [5, 5.41) is 11.7. The molecule has 0 aliphatic carbocycles. The molecule has 158 valence electrons. The molecule has 0 unspecified atom stereocenters. The van der Waals surface area contributed by atoms with Crippen LogP contribution in [-0.2, 0) is 21.4 Å². The van der Waals surface area contributed by atoms with Gasteiger partial charge in [0.15, 0.2) is 0 Å². The summed E-state index contributed by atoms with van der Waals surface area (Å²) in [6.07, 6.45) is 0.759. The van der Waals surface area contributed by atoms with Crippen LogP contribution in [0.5, 0.6) is 0 Å². The molecule has 0 bridgehead atoms. The second kappa shape index (κ2) is 9.27. The van der Waals surface area contributed by atoms with Gasteiger partial charge in [0.2, 0.25) is 10.0 Å². The number of rotatable bonds is 7. The number of aliphatic hydroxyl groups excluding tert-OH is 1. The maximum atomic E-state index is 13.3. The zero-order chi connectivity index (χ0) is 21.0. The smallest absolute Gasteiger partial charge is 0.243 e. The lowest BCUT2D eigenvalue weighted by Crippen LogP contribution is -2.46. The molecule has 4 rings (SSSR count). The Balaban J connectivity index is 1.48. The molecule has 0 aromatic heterocycles. The molecule has 5 nitrogen and oxygen atoms in total. The highest BCUT2D eigenvalue weighted by Gasteiger charge is 2.34. The van der Waals surface area contributed by atoms with E-state index in [2.05, 4.69) is 0 Å². The largest absolute Gasteiger partial charge is 0.396 e. The molecule has 1 heterocycles. The predicted octanol–water partition coefficient (Wildman–Crippen LogP) is 3.68. The van der Waals surface area contributed by atoms with Crippen molar-refractivity contribution in [2.24, 2.45) is 11.8 Å². The Labute approximate surface area is 178 Å². The summed E-state index contributed by atoms with van der Waals surface area (Å²) in [5.41, 5.74) is 1.09. The molecule has 1 N–H and O–H groups in total. The fraction of sp³-hybridized carbons (Fsp3) is 0.333. The minimum atomic E-state index is -3.64. The van der Waals surface area contributed by atoms with E-state index in [1.165, 1.54) is 4.31 Å². The van der Waals surface area contributed by atoms with E-state index in [0.717, 1.165) is 22.8 Å². The Bertz CT molecular complexity index is 1080. The molecule has 0 saturated carbocycles. The lowest BCUT2D eigenvalue weighted by molar-refractivity contribution is 0.0434. The molecule has 3 aromatic carbocycles. The summed E-state index contributed by atoms with van der Waals surface area (Å²) in [7, 11) is -3.64. The fourth-order valence-electron chi connectivity index (χ4n) is 4.11. The molecular formula is C24H27NO4S. The monoisotopic (exact) mass is 425 g/mol. The van der Waals surface area contributed by atoms with E-state index in [0.29, 0.717) is 31.2 Å². The highest BCUT2D eigenvalue weighted by atomic mass is 32.2. The molecule has 30 heavy (non-hydrogen) atoms. The average molecular weight is 426 g/mol. The molecule has 1 saturated heterocycles. The van der Waals surface area contributed by atoms with Gasteiger partial charge in [-0.2, -0.15) is 4.31 Å². The maximum absolute atomic E-state index is 13.3. The lowest BCUT2D eigenvalue weighted by atomic mass is 9.91. The van der Waals surface area contributed by atoms with Gasteiger partial charge in [-0.1, -0.05) is 60.7 Å². The molecule has 1 aliphatic heterocycles. The van der Waals surface area contributed by atoms with Crippen LogP contribution in [0.3, 0.4) is 0 Å². The Morgan fingerprint density at radius 1 is 0.900 bits per heavy atom. The van der Waals surface area contributed by atoms with Crippen LogP contribution in [0.15, 0.2) is 77.7 Å². The minimum Gasteiger partial charge on any atom is -0.396 e. The number of sulfonamides is 1. The fourth-order valence-corrected chi connectivity index (χ4v) is 5.74. The predicted molar refractivity (Wildman–Crippen MR) is 117 cm³/mol. The van der Waals surface area contributed by atoms with Crippen LogP contribution in [0.1, 0.15) is 12.0 Å². The van der Waals surface area contributed by atoms with Gasteiger partial charge in [-0.3, -0.25) is 0 Å². The van der Waals surface area contributed by atoms with Crippen molar-refractivity contribution in [1.82, 2.24) is 4.31 Å². The van der Waals surface area contributed by atoms with Gasteiger partial charge in [-0.05, 0) is 46.7 Å². The molecule has 0 radical (unpaired) electrons. The van der Waals surface area contributed by atoms with Gasteiger partial charge in [0.05, 0.1) is 18.1 Å². The summed E-state index contributed by atoms with van der Waals surface area (Å²) in [5.74, 6) is -0.0332. The standard InChI is InChI=1S/C24H27NO4S/c26-16-20-12-21(18-29-17-19-6-2-1-3-7-19)15-25(14-20)30(27,28)24-11-10-22-8-4-5-9-23(22)13-24/h1-11,13,20-21,26H,12,14-18H2/t20-,21-/m0/s1. The number of hydrogen-bond donors (Lipinski definition) is 1. The van der Waals surface area contributed by atoms with E-state index in [9.17, 15) is 13.5 Å². The summed E-state index contributed by atoms with van der Waals surface area (Å²) < 4.78 is 34.1. The van der Waals surface area contributed by atoms with Crippen LogP contribution >= 0.6 is 0 Å². The third-order valence-corrected chi connectivity index (χ3v) is 7.50. The Morgan fingerprint density at radius 2 is 1.60 bits per heavy atom. The number of nitrogens with zero attached hydrogens (tertiary/aromatic N) is 1. The van der Waals surface area contributed by atoms with Crippen molar-refractivity contribution in [3.05, 3.63) is 78.4 Å². The summed E-state index contributed by atoms with van der Waals surface area (Å²) in [4.78, 5) is 0.295. The van der Waals surface area contributed by atoms with E-state index in [-0.39, 0.29) is 18.4 Å². The van der Waals surface area contributed by atoms with Gasteiger partial charge in [0.1, 0.15) is 0 Å². The first-order chi connectivity index (χ1) is 14.6. The van der Waals surface area contributed by atoms with E-state index in [4.69, 9.17) is 4.74 Å². The zero-order valence-electron chi connectivity index (χ0n) is 16.9. The van der Waals surface area contributed by atoms with Gasteiger partial charge in [-0.25, -0.2) is 8.42 Å². The number of benzene rings is 3. The van der Waals surface area contributed by atoms with E-state index >= 15 is 0 Å². The van der Waals surface area contributed by atoms with Crippen molar-refractivity contribution in [2.45, 2.75) is 17.9 Å². The zero-order valence-corrected chi connectivity index (χ0v) is 17.7. The minimum absolute atomic E-state index is 0.0288. The molecule has 6 heteroatoms. The molecule has 1 fully saturated rings. The number of piperidine rings is 1. The first-order valence-corrected chi connectivity index (χ1v) is 11.7. The molecule has 3 aromatic rings. The first-order valence-electron chi connectivity index (χ1n) is 10.3. The topological polar surface area (TPSA) is 66.8 Å². The first kappa shape index (κ1) is 21.0. The van der Waals surface area contributed by atoms with Crippen molar-refractivity contribution >= 4 is 20.8 Å². The lowest BCUT2D eigenvalue weighted by Gasteiger charge is -2.36. The van der Waals surface area contributed by atoms with Gasteiger partial charge in [0.25, 0.3) is 0 Å². The van der Waals surface area contributed by atoms with Crippen LogP contribution in [-0.4, -0.2) is 44.1 Å². The summed E-state index contributed by atoms with van der Waals surface area (Å²) >= 11 is 0. The van der Waals surface area contributed by atoms with Gasteiger partial charge < -0.3 is 9.84 Å². The third kappa shape index (κ3) is 4.73. The highest BCUT2D eigenvalue weighted by molar-refractivity contribution is 7.89. The van der Waals surface area contributed by atoms with Gasteiger partial charge in [0, 0.05) is 19.7 Å². The van der Waals surface area contributed by atoms with E-state index in [1.54, 1.807) is 12.1 Å².